The molecule has 0 spiro atoms. The molecular formula is C26H35ClF3N5O4S2. The van der Waals surface area contributed by atoms with Crippen molar-refractivity contribution in [1.29, 1.82) is 0 Å². The van der Waals surface area contributed by atoms with Crippen molar-refractivity contribution < 1.29 is 31.2 Å². The molecule has 0 radical (unpaired) electrons. The van der Waals surface area contributed by atoms with E-state index in [-0.39, 0.29) is 16.3 Å². The lowest BCUT2D eigenvalue weighted by molar-refractivity contribution is -0.199. The first-order chi connectivity index (χ1) is 19.1. The van der Waals surface area contributed by atoms with Crippen LogP contribution >= 0.6 is 24.2 Å². The smallest absolute Gasteiger partial charge is 0.369 e. The molecule has 9 nitrogen and oxygen atoms in total. The number of alkyl halides is 3. The highest BCUT2D eigenvalue weighted by Gasteiger charge is 2.70. The van der Waals surface area contributed by atoms with Crippen LogP contribution < -0.4 is 16.0 Å². The summed E-state index contributed by atoms with van der Waals surface area (Å²) in [5.41, 5.74) is 3.22. The normalized spacial score (nSPS) is 26.5. The van der Waals surface area contributed by atoms with Gasteiger partial charge < -0.3 is 25.8 Å². The van der Waals surface area contributed by atoms with Crippen LogP contribution in [0, 0.1) is 5.41 Å². The number of likely N-dealkylation sites (tertiary alicyclic amines) is 1. The quantitative estimate of drug-likeness (QED) is 0.296. The second kappa shape index (κ2) is 10.8. The number of carbonyl (C=O) groups excluding carboxylic acids is 2. The highest BCUT2D eigenvalue weighted by Crippen LogP contribution is 2.59. The molecule has 2 aliphatic carbocycles. The van der Waals surface area contributed by atoms with Gasteiger partial charge >= 0.3 is 6.18 Å². The molecular weight excluding hydrogens is 603 g/mol. The average molecular weight is 638 g/mol. The maximum Gasteiger partial charge on any atom is 0.403 e. The van der Waals surface area contributed by atoms with Crippen molar-refractivity contribution in [3.63, 3.8) is 0 Å². The van der Waals surface area contributed by atoms with Gasteiger partial charge in [0.1, 0.15) is 11.5 Å². The van der Waals surface area contributed by atoms with Crippen molar-refractivity contribution in [2.75, 3.05) is 44.2 Å². The minimum atomic E-state index is -4.81. The number of hydrogen-bond acceptors (Lipinski definition) is 8. The summed E-state index contributed by atoms with van der Waals surface area (Å²) in [6.07, 6.45) is -4.93. The number of nitrogens with zero attached hydrogens (tertiary/aromatic N) is 3. The lowest BCUT2D eigenvalue weighted by Gasteiger charge is -2.35. The molecule has 1 aromatic carbocycles. The third-order valence-electron chi connectivity index (χ3n) is 9.10. The first-order valence-electron chi connectivity index (χ1n) is 13.8. The SMILES string of the molecule is CCN1CCN(c2ccc(S(=O)(=O)[C@@H]3C[C@@H](C(=O)NC4(C(N)S)CC4)N(C(=O)C4(C(F)(F)F)CC4)C3)c(Cl)c2)CC1. The summed E-state index contributed by atoms with van der Waals surface area (Å²) >= 11 is 10.7. The number of likely N-dealkylation sites (N-methyl/N-ethyl adjacent to an activating group) is 1. The molecule has 228 valence electrons. The van der Waals surface area contributed by atoms with E-state index in [1.165, 1.54) is 6.07 Å². The van der Waals surface area contributed by atoms with Gasteiger partial charge in [0.25, 0.3) is 0 Å². The largest absolute Gasteiger partial charge is 0.403 e. The Morgan fingerprint density at radius 1 is 1.17 bits per heavy atom. The van der Waals surface area contributed by atoms with Crippen LogP contribution in [-0.2, 0) is 19.4 Å². The Hall–Kier alpha value is -1.74. The summed E-state index contributed by atoms with van der Waals surface area (Å²) in [4.78, 5) is 31.7. The van der Waals surface area contributed by atoms with Crippen LogP contribution in [0.1, 0.15) is 39.0 Å². The molecule has 4 aliphatic rings. The maximum atomic E-state index is 13.9. The van der Waals surface area contributed by atoms with E-state index in [1.807, 2.05) is 0 Å². The molecule has 2 amide bonds. The Labute approximate surface area is 248 Å². The summed E-state index contributed by atoms with van der Waals surface area (Å²) in [6.45, 7) is 5.72. The molecule has 2 saturated carbocycles. The second-order valence-corrected chi connectivity index (χ2v) is 14.7. The Bertz CT molecular complexity index is 1310. The third-order valence-corrected chi connectivity index (χ3v) is 12.2. The summed E-state index contributed by atoms with van der Waals surface area (Å²) < 4.78 is 69.2. The Kier molecular flexibility index (Phi) is 8.06. The molecule has 0 aromatic heterocycles. The standard InChI is InChI=1S/C26H35ClF3N5O4S2/c1-2-33-9-11-34(12-10-33)16-3-4-20(18(27)13-16)41(38,39)17-14-19(21(36)32-25(7-8-25)22(31)40)35(15-17)23(37)24(5-6-24)26(28,29)30/h3-4,13,17,19,22,40H,2,5-12,14-15,31H2,1H3,(H,32,36)/t17-,19+,22?/m1/s1. The molecule has 5 rings (SSSR count). The van der Waals surface area contributed by atoms with E-state index in [0.717, 1.165) is 43.3 Å². The molecule has 3 N–H and O–H groups in total. The fraction of sp³-hybridized carbons (Fsp3) is 0.692. The first kappa shape index (κ1) is 30.7. The van der Waals surface area contributed by atoms with E-state index in [0.29, 0.717) is 12.8 Å². The molecule has 41 heavy (non-hydrogen) atoms. The van der Waals surface area contributed by atoms with Crippen LogP contribution in [0.15, 0.2) is 23.1 Å². The molecule has 1 unspecified atom stereocenters. The topological polar surface area (TPSA) is 116 Å². The number of nitrogens with two attached hydrogens (primary N) is 1. The summed E-state index contributed by atoms with van der Waals surface area (Å²) in [5, 5.41) is 0.682. The molecule has 4 fully saturated rings. The van der Waals surface area contributed by atoms with E-state index in [2.05, 4.69) is 34.7 Å². The summed E-state index contributed by atoms with van der Waals surface area (Å²) in [6, 6.07) is 3.23. The number of nitrogens with one attached hydrogen (secondary N) is 1. The van der Waals surface area contributed by atoms with Crippen LogP contribution in [0.3, 0.4) is 0 Å². The molecule has 1 aromatic rings. The fourth-order valence-corrected chi connectivity index (χ4v) is 8.45. The highest BCUT2D eigenvalue weighted by atomic mass is 35.5. The van der Waals surface area contributed by atoms with Crippen LogP contribution in [0.4, 0.5) is 18.9 Å². The zero-order valence-electron chi connectivity index (χ0n) is 22.7. The number of benzene rings is 1. The van der Waals surface area contributed by atoms with Gasteiger partial charge in [-0.25, -0.2) is 8.42 Å². The van der Waals surface area contributed by atoms with Crippen molar-refractivity contribution >= 4 is 51.6 Å². The van der Waals surface area contributed by atoms with Crippen LogP contribution in [0.5, 0.6) is 0 Å². The van der Waals surface area contributed by atoms with Gasteiger partial charge in [-0.15, -0.1) is 0 Å². The molecule has 2 aliphatic heterocycles. The van der Waals surface area contributed by atoms with Gasteiger partial charge in [-0.2, -0.15) is 25.8 Å². The van der Waals surface area contributed by atoms with Crippen molar-refractivity contribution in [2.24, 2.45) is 11.1 Å². The van der Waals surface area contributed by atoms with Gasteiger partial charge in [0.15, 0.2) is 9.84 Å². The van der Waals surface area contributed by atoms with Gasteiger partial charge in [-0.05, 0) is 56.8 Å². The van der Waals surface area contributed by atoms with E-state index in [4.69, 9.17) is 17.3 Å². The number of thiol groups is 1. The minimum absolute atomic E-state index is 0.0156. The van der Waals surface area contributed by atoms with Crippen molar-refractivity contribution in [3.8, 4) is 0 Å². The Morgan fingerprint density at radius 2 is 1.80 bits per heavy atom. The number of rotatable bonds is 8. The molecule has 2 heterocycles. The number of carbonyl (C=O) groups is 2. The van der Waals surface area contributed by atoms with Gasteiger partial charge in [-0.3, -0.25) is 9.59 Å². The van der Waals surface area contributed by atoms with E-state index in [1.54, 1.807) is 12.1 Å². The number of amides is 2. The van der Waals surface area contributed by atoms with E-state index >= 15 is 0 Å². The molecule has 2 saturated heterocycles. The second-order valence-electron chi connectivity index (χ2n) is 11.6. The van der Waals surface area contributed by atoms with Crippen molar-refractivity contribution in [1.82, 2.24) is 15.1 Å². The zero-order valence-corrected chi connectivity index (χ0v) is 25.1. The molecule has 15 heteroatoms. The molecule has 0 bridgehead atoms. The highest BCUT2D eigenvalue weighted by molar-refractivity contribution is 7.92. The monoisotopic (exact) mass is 637 g/mol. The Morgan fingerprint density at radius 3 is 2.29 bits per heavy atom. The van der Waals surface area contributed by atoms with Gasteiger partial charge in [0.05, 0.1) is 26.1 Å². The van der Waals surface area contributed by atoms with Crippen LogP contribution in [0.25, 0.3) is 0 Å². The fourth-order valence-electron chi connectivity index (χ4n) is 5.89. The number of anilines is 1. The lowest BCUT2D eigenvalue weighted by Crippen LogP contribution is -2.55. The average Bonchev–Trinajstić information content (AvgIpc) is 3.84. The zero-order chi connectivity index (χ0) is 30.0. The van der Waals surface area contributed by atoms with Gasteiger partial charge in [-0.1, -0.05) is 18.5 Å². The summed E-state index contributed by atoms with van der Waals surface area (Å²) in [7, 11) is -4.22. The number of halogens is 4. The predicted molar refractivity (Wildman–Crippen MR) is 152 cm³/mol. The van der Waals surface area contributed by atoms with Gasteiger partial charge in [0, 0.05) is 38.4 Å². The maximum absolute atomic E-state index is 13.9. The number of hydrogen-bond donors (Lipinski definition) is 3. The first-order valence-corrected chi connectivity index (χ1v) is 16.2. The summed E-state index contributed by atoms with van der Waals surface area (Å²) in [5.74, 6) is -2.00. The van der Waals surface area contributed by atoms with Crippen molar-refractivity contribution in [3.05, 3.63) is 23.2 Å². The van der Waals surface area contributed by atoms with E-state index < -0.39 is 74.8 Å². The molecule has 3 atom stereocenters. The van der Waals surface area contributed by atoms with Crippen LogP contribution in [-0.4, -0.2) is 97.7 Å². The lowest BCUT2D eigenvalue weighted by atomic mass is 10.0. The van der Waals surface area contributed by atoms with E-state index in [9.17, 15) is 31.2 Å². The third kappa shape index (κ3) is 5.54. The van der Waals surface area contributed by atoms with Gasteiger partial charge in [0.2, 0.25) is 11.8 Å². The minimum Gasteiger partial charge on any atom is -0.369 e. The van der Waals surface area contributed by atoms with Crippen molar-refractivity contribution in [2.45, 2.75) is 72.3 Å². The predicted octanol–water partition coefficient (Wildman–Crippen LogP) is 2.43. The number of piperazine rings is 1. The van der Waals surface area contributed by atoms with Crippen LogP contribution in [0.2, 0.25) is 5.02 Å². The number of sulfone groups is 1. The Balaban J connectivity index is 1.40.